The van der Waals surface area contributed by atoms with Crippen molar-refractivity contribution >= 4 is 17.1 Å². The van der Waals surface area contributed by atoms with Gasteiger partial charge in [-0.05, 0) is 36.6 Å². The molecule has 0 spiro atoms. The molecule has 3 heterocycles. The number of carbonyl (C=O) groups excluding carboxylic acids is 1. The zero-order valence-corrected chi connectivity index (χ0v) is 15.0. The summed E-state index contributed by atoms with van der Waals surface area (Å²) in [5.41, 5.74) is 0.373. The summed E-state index contributed by atoms with van der Waals surface area (Å²) in [7, 11) is 0. The summed E-state index contributed by atoms with van der Waals surface area (Å²) in [6.45, 7) is 2.61. The first-order valence-corrected chi connectivity index (χ1v) is 8.79. The fourth-order valence-electron chi connectivity index (χ4n) is 3.39. The number of carbonyl (C=O) groups is 1. The van der Waals surface area contributed by atoms with Crippen molar-refractivity contribution in [2.75, 3.05) is 13.1 Å². The van der Waals surface area contributed by atoms with Gasteiger partial charge in [0.2, 0.25) is 5.91 Å². The second kappa shape index (κ2) is 6.50. The van der Waals surface area contributed by atoms with Gasteiger partial charge in [0, 0.05) is 24.8 Å². The molecule has 28 heavy (non-hydrogen) atoms. The molecule has 2 aromatic heterocycles. The Morgan fingerprint density at radius 1 is 1.29 bits per heavy atom. The van der Waals surface area contributed by atoms with E-state index in [1.807, 2.05) is 0 Å². The van der Waals surface area contributed by atoms with Gasteiger partial charge >= 0.3 is 11.9 Å². The fourth-order valence-corrected chi connectivity index (χ4v) is 3.39. The monoisotopic (exact) mass is 390 g/mol. The van der Waals surface area contributed by atoms with E-state index in [-0.39, 0.29) is 23.7 Å². The highest BCUT2D eigenvalue weighted by atomic mass is 19.4. The molecule has 146 valence electrons. The van der Waals surface area contributed by atoms with Crippen molar-refractivity contribution in [3.63, 3.8) is 0 Å². The molecule has 1 N–H and O–H groups in total. The van der Waals surface area contributed by atoms with Crippen LogP contribution < -0.4 is 5.69 Å². The number of benzene rings is 1. The minimum Gasteiger partial charge on any atom is -0.341 e. The first-order valence-electron chi connectivity index (χ1n) is 8.79. The number of aromatic amines is 1. The third-order valence-electron chi connectivity index (χ3n) is 5.08. The molecule has 0 bridgehead atoms. The van der Waals surface area contributed by atoms with E-state index in [4.69, 9.17) is 0 Å². The summed E-state index contributed by atoms with van der Waals surface area (Å²) in [6, 6.07) is 5.54. The number of halogens is 3. The minimum absolute atomic E-state index is 0.0808. The van der Waals surface area contributed by atoms with Crippen LogP contribution in [0.4, 0.5) is 13.2 Å². The molecule has 1 saturated heterocycles. The third-order valence-corrected chi connectivity index (χ3v) is 5.08. The Kier molecular flexibility index (Phi) is 4.24. The lowest BCUT2D eigenvalue weighted by atomic mass is 9.97. The van der Waals surface area contributed by atoms with Crippen molar-refractivity contribution in [2.45, 2.75) is 26.1 Å². The molecule has 4 rings (SSSR count). The number of alkyl halides is 3. The number of imidazole rings is 1. The van der Waals surface area contributed by atoms with Crippen molar-refractivity contribution in [1.29, 1.82) is 0 Å². The maximum absolute atomic E-state index is 13.2. The number of hydrogen-bond acceptors (Lipinski definition) is 3. The van der Waals surface area contributed by atoms with E-state index in [0.29, 0.717) is 29.7 Å². The summed E-state index contributed by atoms with van der Waals surface area (Å²) < 4.78 is 40.9. The Hall–Kier alpha value is -3.10. The fraction of sp³-hybridized carbons (Fsp3) is 0.316. The highest BCUT2D eigenvalue weighted by molar-refractivity contribution is 5.82. The molecule has 1 amide bonds. The Labute approximate surface area is 157 Å². The molecule has 1 aliphatic rings. The molecular weight excluding hydrogens is 373 g/mol. The number of hydrogen-bond donors (Lipinski definition) is 1. The number of H-pyrrole nitrogens is 1. The van der Waals surface area contributed by atoms with Gasteiger partial charge in [0.05, 0.1) is 11.1 Å². The van der Waals surface area contributed by atoms with Crippen LogP contribution in [0.1, 0.15) is 17.5 Å². The Morgan fingerprint density at radius 2 is 2.04 bits per heavy atom. The van der Waals surface area contributed by atoms with Gasteiger partial charge in [-0.1, -0.05) is 12.1 Å². The highest BCUT2D eigenvalue weighted by Gasteiger charge is 2.33. The number of amides is 1. The molecule has 0 unspecified atom stereocenters. The van der Waals surface area contributed by atoms with Gasteiger partial charge in [-0.15, -0.1) is 0 Å². The van der Waals surface area contributed by atoms with Crippen LogP contribution in [-0.2, 0) is 17.5 Å². The molecule has 1 aromatic carbocycles. The van der Waals surface area contributed by atoms with Crippen LogP contribution in [0.15, 0.2) is 35.3 Å². The summed E-state index contributed by atoms with van der Waals surface area (Å²) in [5.74, 6) is -0.171. The average Bonchev–Trinajstić information content (AvgIpc) is 2.87. The zero-order valence-electron chi connectivity index (χ0n) is 15.0. The molecule has 0 aliphatic carbocycles. The maximum Gasteiger partial charge on any atom is 0.416 e. The van der Waals surface area contributed by atoms with Crippen LogP contribution in [-0.4, -0.2) is 38.4 Å². The summed E-state index contributed by atoms with van der Waals surface area (Å²) in [4.78, 5) is 32.9. The molecule has 3 aromatic rings. The van der Waals surface area contributed by atoms with Gasteiger partial charge in [-0.2, -0.15) is 13.2 Å². The number of nitrogens with zero attached hydrogens (tertiary/aromatic N) is 3. The second-order valence-electron chi connectivity index (χ2n) is 6.82. The van der Waals surface area contributed by atoms with Crippen LogP contribution >= 0.6 is 0 Å². The van der Waals surface area contributed by atoms with Gasteiger partial charge in [0.15, 0.2) is 5.65 Å². The normalized spacial score (nSPS) is 14.4. The standard InChI is InChI=1S/C19H17F3N4O2/c1-11-13(4-2-5-14(11)19(20,21)22)12-8-15-17(23-9-12)24-18(28)26(15)10-16(27)25-6-3-7-25/h2,4-5,8-9H,3,6-7,10H2,1H3,(H,23,24,28). The lowest BCUT2D eigenvalue weighted by Crippen LogP contribution is -2.44. The summed E-state index contributed by atoms with van der Waals surface area (Å²) in [5, 5.41) is 0. The van der Waals surface area contributed by atoms with E-state index in [9.17, 15) is 22.8 Å². The Morgan fingerprint density at radius 3 is 2.68 bits per heavy atom. The zero-order chi connectivity index (χ0) is 20.1. The van der Waals surface area contributed by atoms with E-state index < -0.39 is 17.4 Å². The Bertz CT molecular complexity index is 1130. The van der Waals surface area contributed by atoms with Crippen molar-refractivity contribution < 1.29 is 18.0 Å². The van der Waals surface area contributed by atoms with Crippen LogP contribution in [0, 0.1) is 6.92 Å². The SMILES string of the molecule is Cc1c(-c2cnc3[nH]c(=O)n(CC(=O)N4CCC4)c3c2)cccc1C(F)(F)F. The molecule has 1 aliphatic heterocycles. The Balaban J connectivity index is 1.79. The number of likely N-dealkylation sites (tertiary alicyclic amines) is 1. The van der Waals surface area contributed by atoms with Gasteiger partial charge < -0.3 is 4.90 Å². The van der Waals surface area contributed by atoms with Gasteiger partial charge in [-0.3, -0.25) is 14.3 Å². The smallest absolute Gasteiger partial charge is 0.341 e. The van der Waals surface area contributed by atoms with Crippen LogP contribution in [0.25, 0.3) is 22.3 Å². The summed E-state index contributed by atoms with van der Waals surface area (Å²) in [6.07, 6.45) is -2.10. The second-order valence-corrected chi connectivity index (χ2v) is 6.82. The predicted molar refractivity (Wildman–Crippen MR) is 96.7 cm³/mol. The first-order chi connectivity index (χ1) is 13.3. The number of aromatic nitrogens is 3. The third kappa shape index (κ3) is 3.06. The number of fused-ring (bicyclic) bond motifs is 1. The van der Waals surface area contributed by atoms with Crippen molar-refractivity contribution in [3.05, 3.63) is 52.1 Å². The van der Waals surface area contributed by atoms with Crippen LogP contribution in [0.5, 0.6) is 0 Å². The topological polar surface area (TPSA) is 71.0 Å². The van der Waals surface area contributed by atoms with Crippen LogP contribution in [0.3, 0.4) is 0 Å². The average molecular weight is 390 g/mol. The molecular formula is C19H17F3N4O2. The van der Waals surface area contributed by atoms with E-state index in [2.05, 4.69) is 9.97 Å². The predicted octanol–water partition coefficient (Wildman–Crippen LogP) is 2.95. The lowest BCUT2D eigenvalue weighted by Gasteiger charge is -2.30. The van der Waals surface area contributed by atoms with Gasteiger partial charge in [-0.25, -0.2) is 9.78 Å². The quantitative estimate of drug-likeness (QED) is 0.748. The number of pyridine rings is 1. The van der Waals surface area contributed by atoms with E-state index in [1.54, 1.807) is 17.0 Å². The van der Waals surface area contributed by atoms with Gasteiger partial charge in [0.1, 0.15) is 6.54 Å². The molecule has 9 heteroatoms. The van der Waals surface area contributed by atoms with Crippen molar-refractivity contribution in [3.8, 4) is 11.1 Å². The number of nitrogens with one attached hydrogen (secondary N) is 1. The van der Waals surface area contributed by atoms with E-state index in [0.717, 1.165) is 12.5 Å². The van der Waals surface area contributed by atoms with Crippen LogP contribution in [0.2, 0.25) is 0 Å². The molecule has 0 saturated carbocycles. The van der Waals surface area contributed by atoms with E-state index in [1.165, 1.54) is 23.8 Å². The van der Waals surface area contributed by atoms with E-state index >= 15 is 0 Å². The largest absolute Gasteiger partial charge is 0.416 e. The minimum atomic E-state index is -4.46. The first kappa shape index (κ1) is 18.3. The highest BCUT2D eigenvalue weighted by Crippen LogP contribution is 2.36. The van der Waals surface area contributed by atoms with Crippen molar-refractivity contribution in [1.82, 2.24) is 19.4 Å². The number of rotatable bonds is 3. The van der Waals surface area contributed by atoms with Gasteiger partial charge in [0.25, 0.3) is 0 Å². The lowest BCUT2D eigenvalue weighted by molar-refractivity contribution is -0.138. The van der Waals surface area contributed by atoms with Crippen molar-refractivity contribution in [2.24, 2.45) is 0 Å². The maximum atomic E-state index is 13.2. The molecule has 0 radical (unpaired) electrons. The molecule has 6 nitrogen and oxygen atoms in total. The molecule has 1 fully saturated rings. The summed E-state index contributed by atoms with van der Waals surface area (Å²) >= 11 is 0. The molecule has 0 atom stereocenters.